The predicted molar refractivity (Wildman–Crippen MR) is 115 cm³/mol. The lowest BCUT2D eigenvalue weighted by atomic mass is 9.92. The Morgan fingerprint density at radius 2 is 1.50 bits per heavy atom. The normalized spacial score (nSPS) is 11.5. The summed E-state index contributed by atoms with van der Waals surface area (Å²) >= 11 is 6.22. The molecule has 11 heteroatoms. The average Bonchev–Trinajstić information content (AvgIpc) is 2.61. The number of nitrogens with zero attached hydrogens (tertiary/aromatic N) is 2. The van der Waals surface area contributed by atoms with Gasteiger partial charge in [-0.25, -0.2) is 19.5 Å². The fourth-order valence-electron chi connectivity index (χ4n) is 2.79. The van der Waals surface area contributed by atoms with E-state index in [4.69, 9.17) is 11.6 Å². The number of sulfonamides is 1. The summed E-state index contributed by atoms with van der Waals surface area (Å²) < 4.78 is 27.3. The van der Waals surface area contributed by atoms with E-state index in [1.807, 2.05) is 32.4 Å². The van der Waals surface area contributed by atoms with Crippen molar-refractivity contribution in [3.63, 3.8) is 0 Å². The van der Waals surface area contributed by atoms with Gasteiger partial charge in [0.1, 0.15) is 0 Å². The first-order valence-corrected chi connectivity index (χ1v) is 11.0. The summed E-state index contributed by atoms with van der Waals surface area (Å²) in [7, 11) is -4.41. The number of rotatable bonds is 6. The van der Waals surface area contributed by atoms with Gasteiger partial charge in [-0.15, -0.1) is 0 Å². The van der Waals surface area contributed by atoms with E-state index in [9.17, 15) is 18.0 Å². The molecular formula is C19H24ClN5O4S. The number of benzene rings is 1. The number of halogens is 1. The molecule has 162 valence electrons. The molecule has 0 aliphatic carbocycles. The lowest BCUT2D eigenvalue weighted by molar-refractivity contribution is -0.114. The van der Waals surface area contributed by atoms with E-state index >= 15 is 0 Å². The molecule has 2 rings (SSSR count). The van der Waals surface area contributed by atoms with Crippen molar-refractivity contribution in [1.29, 1.82) is 0 Å². The Hall–Kier alpha value is -2.72. The molecule has 0 saturated carbocycles. The van der Waals surface area contributed by atoms with Crippen LogP contribution >= 0.6 is 11.6 Å². The molecule has 1 heterocycles. The van der Waals surface area contributed by atoms with Crippen molar-refractivity contribution < 1.29 is 18.0 Å². The van der Waals surface area contributed by atoms with Crippen molar-refractivity contribution in [1.82, 2.24) is 14.7 Å². The molecule has 0 unspecified atom stereocenters. The van der Waals surface area contributed by atoms with Crippen LogP contribution in [-0.4, -0.2) is 30.3 Å². The molecule has 0 atom stereocenters. The van der Waals surface area contributed by atoms with Crippen LogP contribution in [0.4, 0.5) is 16.3 Å². The van der Waals surface area contributed by atoms with Gasteiger partial charge in [0.05, 0.1) is 0 Å². The zero-order valence-electron chi connectivity index (χ0n) is 17.3. The highest BCUT2D eigenvalue weighted by Gasteiger charge is 2.26. The number of carbonyl (C=O) groups excluding carboxylic acids is 2. The Morgan fingerprint density at radius 1 is 0.967 bits per heavy atom. The summed E-state index contributed by atoms with van der Waals surface area (Å²) in [5.41, 5.74) is 2.05. The highest BCUT2D eigenvalue weighted by Crippen LogP contribution is 2.35. The van der Waals surface area contributed by atoms with Gasteiger partial charge in [-0.2, -0.15) is 8.42 Å². The van der Waals surface area contributed by atoms with Crippen molar-refractivity contribution in [2.75, 3.05) is 10.6 Å². The maximum atomic E-state index is 12.7. The molecule has 0 spiro atoms. The Bertz CT molecular complexity index is 1040. The van der Waals surface area contributed by atoms with Gasteiger partial charge in [0.15, 0.2) is 5.82 Å². The molecule has 0 bridgehead atoms. The molecule has 0 radical (unpaired) electrons. The fraction of sp³-hybridized carbons (Fsp3) is 0.368. The third-order valence-electron chi connectivity index (χ3n) is 4.09. The van der Waals surface area contributed by atoms with Crippen LogP contribution in [0.5, 0.6) is 0 Å². The van der Waals surface area contributed by atoms with Crippen molar-refractivity contribution in [2.45, 2.75) is 51.5 Å². The predicted octanol–water partition coefficient (Wildman–Crippen LogP) is 3.85. The number of nitrogens with one attached hydrogen (secondary N) is 3. The molecule has 1 aromatic carbocycles. The molecule has 0 saturated heterocycles. The number of amides is 3. The van der Waals surface area contributed by atoms with E-state index < -0.39 is 27.0 Å². The van der Waals surface area contributed by atoms with Gasteiger partial charge in [-0.3, -0.25) is 4.79 Å². The largest absolute Gasteiger partial charge is 0.333 e. The van der Waals surface area contributed by atoms with E-state index in [0.29, 0.717) is 10.7 Å². The van der Waals surface area contributed by atoms with Gasteiger partial charge in [-0.1, -0.05) is 39.3 Å². The Labute approximate surface area is 180 Å². The summed E-state index contributed by atoms with van der Waals surface area (Å²) in [6, 6.07) is 2.50. The van der Waals surface area contributed by atoms with Crippen molar-refractivity contribution in [3.8, 4) is 0 Å². The highest BCUT2D eigenvalue weighted by molar-refractivity contribution is 7.90. The molecule has 2 aromatic rings. The van der Waals surface area contributed by atoms with Gasteiger partial charge in [-0.05, 0) is 35.1 Å². The molecule has 0 aliphatic rings. The first-order valence-electron chi connectivity index (χ1n) is 9.18. The van der Waals surface area contributed by atoms with Crippen LogP contribution in [-0.2, 0) is 14.8 Å². The second kappa shape index (κ2) is 9.40. The second-order valence-corrected chi connectivity index (χ2v) is 9.25. The number of aromatic nitrogens is 2. The van der Waals surface area contributed by atoms with E-state index in [1.165, 1.54) is 13.1 Å². The number of carbonyl (C=O) groups is 2. The minimum absolute atomic E-state index is 0.0273. The van der Waals surface area contributed by atoms with Crippen LogP contribution in [0.2, 0.25) is 5.02 Å². The lowest BCUT2D eigenvalue weighted by Crippen LogP contribution is -2.36. The van der Waals surface area contributed by atoms with Gasteiger partial charge in [0.2, 0.25) is 10.9 Å². The highest BCUT2D eigenvalue weighted by atomic mass is 35.5. The Balaban J connectivity index is 2.38. The van der Waals surface area contributed by atoms with Gasteiger partial charge in [0, 0.05) is 30.0 Å². The molecule has 0 aliphatic heterocycles. The van der Waals surface area contributed by atoms with E-state index in [-0.39, 0.29) is 17.7 Å². The van der Waals surface area contributed by atoms with E-state index in [1.54, 1.807) is 12.1 Å². The minimum Gasteiger partial charge on any atom is -0.308 e. The number of hydrogen-bond acceptors (Lipinski definition) is 6. The minimum atomic E-state index is -4.41. The van der Waals surface area contributed by atoms with Crippen LogP contribution in [0.1, 0.15) is 57.6 Å². The van der Waals surface area contributed by atoms with E-state index in [0.717, 1.165) is 17.3 Å². The van der Waals surface area contributed by atoms with Crippen LogP contribution < -0.4 is 15.4 Å². The number of hydrogen-bond donors (Lipinski definition) is 3. The smallest absolute Gasteiger partial charge is 0.308 e. The first-order chi connectivity index (χ1) is 13.9. The lowest BCUT2D eigenvalue weighted by Gasteiger charge is -2.21. The van der Waals surface area contributed by atoms with Gasteiger partial charge >= 0.3 is 6.03 Å². The quantitative estimate of drug-likeness (QED) is 0.609. The monoisotopic (exact) mass is 453 g/mol. The average molecular weight is 454 g/mol. The third-order valence-corrected chi connectivity index (χ3v) is 5.57. The molecular weight excluding hydrogens is 430 g/mol. The molecule has 1 aromatic heterocycles. The Kier molecular flexibility index (Phi) is 7.38. The van der Waals surface area contributed by atoms with Crippen LogP contribution in [0.25, 0.3) is 0 Å². The standard InChI is InChI=1S/C19H24ClN5O4S/c1-10(2)14-8-13(20)9-15(11(3)4)16(14)24-19(27)25-30(28,29)18-17(23-12(5)26)21-6-7-22-18/h6-11H,1-5H3,(H,21,23,26)(H2,24,25,27). The molecule has 3 amide bonds. The molecule has 9 nitrogen and oxygen atoms in total. The fourth-order valence-corrected chi connectivity index (χ4v) is 3.97. The first kappa shape index (κ1) is 23.6. The van der Waals surface area contributed by atoms with Gasteiger partial charge in [0.25, 0.3) is 10.0 Å². The van der Waals surface area contributed by atoms with Gasteiger partial charge < -0.3 is 10.6 Å². The van der Waals surface area contributed by atoms with Crippen molar-refractivity contribution >= 4 is 45.1 Å². The SMILES string of the molecule is CC(=O)Nc1nccnc1S(=O)(=O)NC(=O)Nc1c(C(C)C)cc(Cl)cc1C(C)C. The summed E-state index contributed by atoms with van der Waals surface area (Å²) in [6.45, 7) is 8.96. The van der Waals surface area contributed by atoms with Crippen molar-refractivity contribution in [3.05, 3.63) is 40.7 Å². The zero-order chi connectivity index (χ0) is 22.6. The molecule has 0 fully saturated rings. The van der Waals surface area contributed by atoms with Crippen LogP contribution in [0.3, 0.4) is 0 Å². The Morgan fingerprint density at radius 3 is 2.00 bits per heavy atom. The number of urea groups is 1. The van der Waals surface area contributed by atoms with Crippen molar-refractivity contribution in [2.24, 2.45) is 0 Å². The van der Waals surface area contributed by atoms with Crippen LogP contribution in [0.15, 0.2) is 29.6 Å². The number of anilines is 2. The zero-order valence-corrected chi connectivity index (χ0v) is 18.9. The topological polar surface area (TPSA) is 130 Å². The van der Waals surface area contributed by atoms with E-state index in [2.05, 4.69) is 20.6 Å². The summed E-state index contributed by atoms with van der Waals surface area (Å²) in [6.07, 6.45) is 2.37. The molecule has 3 N–H and O–H groups in total. The second-order valence-electron chi connectivity index (χ2n) is 7.22. The summed E-state index contributed by atoms with van der Waals surface area (Å²) in [4.78, 5) is 31.4. The summed E-state index contributed by atoms with van der Waals surface area (Å²) in [5.74, 6) is -0.748. The maximum Gasteiger partial charge on any atom is 0.333 e. The van der Waals surface area contributed by atoms with Crippen LogP contribution in [0, 0.1) is 0 Å². The summed E-state index contributed by atoms with van der Waals surface area (Å²) in [5, 5.41) is 4.87. The third kappa shape index (κ3) is 5.67. The molecule has 30 heavy (non-hydrogen) atoms. The maximum absolute atomic E-state index is 12.7.